The van der Waals surface area contributed by atoms with Gasteiger partial charge in [-0.05, 0) is 37.6 Å². The molecule has 92 valence electrons. The maximum Gasteiger partial charge on any atom is 0.124 e. The van der Waals surface area contributed by atoms with Crippen molar-refractivity contribution >= 4 is 6.29 Å². The number of rotatable bonds is 5. The highest BCUT2D eigenvalue weighted by Gasteiger charge is 2.14. The Hall–Kier alpha value is -1.35. The summed E-state index contributed by atoms with van der Waals surface area (Å²) in [4.78, 5) is 13.0. The summed E-state index contributed by atoms with van der Waals surface area (Å²) in [6, 6.07) is 6.01. The molecule has 0 radical (unpaired) electrons. The van der Waals surface area contributed by atoms with Crippen molar-refractivity contribution in [1.29, 1.82) is 0 Å². The number of benzene rings is 1. The minimum absolute atomic E-state index is 0.483. The third-order valence-electron chi connectivity index (χ3n) is 3.26. The smallest absolute Gasteiger partial charge is 0.124 e. The average Bonchev–Trinajstić information content (AvgIpc) is 2.83. The predicted molar refractivity (Wildman–Crippen MR) is 67.3 cm³/mol. The van der Waals surface area contributed by atoms with Crippen molar-refractivity contribution in [2.45, 2.75) is 25.8 Å². The van der Waals surface area contributed by atoms with Crippen molar-refractivity contribution in [2.24, 2.45) is 0 Å². The quantitative estimate of drug-likeness (QED) is 0.729. The molecule has 0 atom stereocenters. The van der Waals surface area contributed by atoms with E-state index in [9.17, 15) is 4.79 Å². The highest BCUT2D eigenvalue weighted by atomic mass is 16.5. The van der Waals surface area contributed by atoms with Crippen LogP contribution in [0, 0.1) is 0 Å². The van der Waals surface area contributed by atoms with E-state index in [0.29, 0.717) is 6.42 Å². The van der Waals surface area contributed by atoms with Gasteiger partial charge in [0.1, 0.15) is 12.0 Å². The lowest BCUT2D eigenvalue weighted by Gasteiger charge is -2.17. The van der Waals surface area contributed by atoms with E-state index in [2.05, 4.69) is 11.0 Å². The molecule has 1 aliphatic rings. The van der Waals surface area contributed by atoms with Crippen molar-refractivity contribution in [2.75, 3.05) is 20.2 Å². The molecule has 1 aromatic rings. The highest BCUT2D eigenvalue weighted by Crippen LogP contribution is 2.23. The van der Waals surface area contributed by atoms with Crippen molar-refractivity contribution in [1.82, 2.24) is 4.90 Å². The number of aldehydes is 1. The second-order valence-corrected chi connectivity index (χ2v) is 4.50. The first-order chi connectivity index (χ1) is 8.33. The van der Waals surface area contributed by atoms with E-state index >= 15 is 0 Å². The topological polar surface area (TPSA) is 29.5 Å². The average molecular weight is 233 g/mol. The van der Waals surface area contributed by atoms with Crippen molar-refractivity contribution < 1.29 is 9.53 Å². The predicted octanol–water partition coefficient (Wildman–Crippen LogP) is 2.03. The first-order valence-corrected chi connectivity index (χ1v) is 6.15. The van der Waals surface area contributed by atoms with Gasteiger partial charge in [0.15, 0.2) is 0 Å². The maximum absolute atomic E-state index is 10.5. The van der Waals surface area contributed by atoms with E-state index in [0.717, 1.165) is 24.1 Å². The van der Waals surface area contributed by atoms with Crippen LogP contribution in [0.15, 0.2) is 18.2 Å². The second-order valence-electron chi connectivity index (χ2n) is 4.50. The molecule has 0 N–H and O–H groups in total. The van der Waals surface area contributed by atoms with Gasteiger partial charge in [0.2, 0.25) is 0 Å². The van der Waals surface area contributed by atoms with Gasteiger partial charge in [-0.15, -0.1) is 0 Å². The molecule has 0 spiro atoms. The molecule has 1 heterocycles. The van der Waals surface area contributed by atoms with Crippen LogP contribution in [0.3, 0.4) is 0 Å². The van der Waals surface area contributed by atoms with Crippen LogP contribution in [0.2, 0.25) is 0 Å². The number of hydrogen-bond acceptors (Lipinski definition) is 3. The van der Waals surface area contributed by atoms with Gasteiger partial charge in [-0.25, -0.2) is 0 Å². The Labute approximate surface area is 102 Å². The molecule has 1 aromatic carbocycles. The lowest BCUT2D eigenvalue weighted by Crippen LogP contribution is -2.18. The summed E-state index contributed by atoms with van der Waals surface area (Å²) in [7, 11) is 1.70. The van der Waals surface area contributed by atoms with Gasteiger partial charge in [0.25, 0.3) is 0 Å². The SMILES string of the molecule is COc1ccc(CC=O)cc1CN1CCCC1. The van der Waals surface area contributed by atoms with E-state index in [1.807, 2.05) is 12.1 Å². The molecule has 3 nitrogen and oxygen atoms in total. The number of hydrogen-bond donors (Lipinski definition) is 0. The Bertz CT molecular complexity index is 384. The summed E-state index contributed by atoms with van der Waals surface area (Å²) in [5, 5.41) is 0. The number of nitrogens with zero attached hydrogens (tertiary/aromatic N) is 1. The monoisotopic (exact) mass is 233 g/mol. The Morgan fingerprint density at radius 2 is 2.12 bits per heavy atom. The fraction of sp³-hybridized carbons (Fsp3) is 0.500. The van der Waals surface area contributed by atoms with E-state index in [1.54, 1.807) is 7.11 Å². The van der Waals surface area contributed by atoms with Gasteiger partial charge >= 0.3 is 0 Å². The molecule has 0 saturated carbocycles. The minimum Gasteiger partial charge on any atom is -0.496 e. The number of likely N-dealkylation sites (tertiary alicyclic amines) is 1. The van der Waals surface area contributed by atoms with Gasteiger partial charge < -0.3 is 9.53 Å². The molecule has 0 aliphatic carbocycles. The zero-order valence-electron chi connectivity index (χ0n) is 10.3. The molecule has 17 heavy (non-hydrogen) atoms. The van der Waals surface area contributed by atoms with Crippen LogP contribution in [0.4, 0.5) is 0 Å². The lowest BCUT2D eigenvalue weighted by atomic mass is 10.1. The third-order valence-corrected chi connectivity index (χ3v) is 3.26. The zero-order valence-corrected chi connectivity index (χ0v) is 10.3. The molecular formula is C14H19NO2. The molecule has 1 saturated heterocycles. The summed E-state index contributed by atoms with van der Waals surface area (Å²) in [5.41, 5.74) is 2.25. The fourth-order valence-electron chi connectivity index (χ4n) is 2.36. The van der Waals surface area contributed by atoms with E-state index in [4.69, 9.17) is 4.74 Å². The Balaban J connectivity index is 2.15. The molecule has 0 aromatic heterocycles. The highest BCUT2D eigenvalue weighted by molar-refractivity contribution is 5.55. The standard InChI is InChI=1S/C14H19NO2/c1-17-14-5-4-12(6-9-16)10-13(14)11-15-7-2-3-8-15/h4-5,9-10H,2-3,6-8,11H2,1H3. The molecule has 0 unspecified atom stereocenters. The van der Waals surface area contributed by atoms with Crippen LogP contribution in [-0.4, -0.2) is 31.4 Å². The van der Waals surface area contributed by atoms with Gasteiger partial charge in [0, 0.05) is 18.5 Å². The van der Waals surface area contributed by atoms with Crippen LogP contribution in [0.25, 0.3) is 0 Å². The zero-order chi connectivity index (χ0) is 12.1. The fourth-order valence-corrected chi connectivity index (χ4v) is 2.36. The van der Waals surface area contributed by atoms with Gasteiger partial charge in [-0.3, -0.25) is 4.90 Å². The van der Waals surface area contributed by atoms with Gasteiger partial charge in [-0.2, -0.15) is 0 Å². The first kappa shape index (κ1) is 12.1. The summed E-state index contributed by atoms with van der Waals surface area (Å²) in [6.07, 6.45) is 4.01. The molecule has 1 fully saturated rings. The Kier molecular flexibility index (Phi) is 4.15. The number of methoxy groups -OCH3 is 1. The van der Waals surface area contributed by atoms with Crippen LogP contribution in [0.1, 0.15) is 24.0 Å². The lowest BCUT2D eigenvalue weighted by molar-refractivity contribution is -0.107. The Morgan fingerprint density at radius 3 is 2.76 bits per heavy atom. The molecule has 0 amide bonds. The molecule has 1 aliphatic heterocycles. The largest absolute Gasteiger partial charge is 0.496 e. The van der Waals surface area contributed by atoms with Crippen LogP contribution in [0.5, 0.6) is 5.75 Å². The normalized spacial score (nSPS) is 16.1. The molecule has 3 heteroatoms. The Morgan fingerprint density at radius 1 is 1.35 bits per heavy atom. The first-order valence-electron chi connectivity index (χ1n) is 6.15. The summed E-state index contributed by atoms with van der Waals surface area (Å²) < 4.78 is 5.37. The van der Waals surface area contributed by atoms with Gasteiger partial charge in [0.05, 0.1) is 7.11 Å². The van der Waals surface area contributed by atoms with Crippen molar-refractivity contribution in [3.05, 3.63) is 29.3 Å². The molecular weight excluding hydrogens is 214 g/mol. The second kappa shape index (κ2) is 5.82. The number of ether oxygens (including phenoxy) is 1. The third kappa shape index (κ3) is 3.07. The summed E-state index contributed by atoms with van der Waals surface area (Å²) >= 11 is 0. The summed E-state index contributed by atoms with van der Waals surface area (Å²) in [5.74, 6) is 0.923. The van der Waals surface area contributed by atoms with Crippen LogP contribution < -0.4 is 4.74 Å². The van der Waals surface area contributed by atoms with E-state index in [1.165, 1.54) is 31.5 Å². The van der Waals surface area contributed by atoms with Crippen LogP contribution in [-0.2, 0) is 17.8 Å². The summed E-state index contributed by atoms with van der Waals surface area (Å²) in [6.45, 7) is 3.26. The van der Waals surface area contributed by atoms with Crippen molar-refractivity contribution in [3.8, 4) is 5.75 Å². The number of carbonyl (C=O) groups excluding carboxylic acids is 1. The van der Waals surface area contributed by atoms with E-state index < -0.39 is 0 Å². The number of carbonyl (C=O) groups is 1. The van der Waals surface area contributed by atoms with Gasteiger partial charge in [-0.1, -0.05) is 12.1 Å². The maximum atomic E-state index is 10.5. The molecule has 2 rings (SSSR count). The van der Waals surface area contributed by atoms with E-state index in [-0.39, 0.29) is 0 Å². The minimum atomic E-state index is 0.483. The van der Waals surface area contributed by atoms with Crippen molar-refractivity contribution in [3.63, 3.8) is 0 Å². The van der Waals surface area contributed by atoms with Crippen LogP contribution >= 0.6 is 0 Å². The molecule has 0 bridgehead atoms.